The minimum Gasteiger partial charge on any atom is -0.486 e. The van der Waals surface area contributed by atoms with E-state index < -0.39 is 0 Å². The number of nitrogens with zero attached hydrogens (tertiary/aromatic N) is 2. The van der Waals surface area contributed by atoms with Crippen LogP contribution in [0.15, 0.2) is 48.0 Å². The molecule has 1 amide bonds. The Hall–Kier alpha value is -2.73. The molecule has 6 heteroatoms. The van der Waals surface area contributed by atoms with Crippen LogP contribution in [0, 0.1) is 13.8 Å². The summed E-state index contributed by atoms with van der Waals surface area (Å²) in [6.07, 6.45) is 1.70. The van der Waals surface area contributed by atoms with Crippen molar-refractivity contribution in [3.8, 4) is 5.75 Å². The molecule has 3 rings (SSSR count). The molecular weight excluding hydrogens is 334 g/mol. The Morgan fingerprint density at radius 2 is 2.08 bits per heavy atom. The Morgan fingerprint density at radius 3 is 2.84 bits per heavy atom. The first kappa shape index (κ1) is 17.1. The second-order valence-electron chi connectivity index (χ2n) is 5.66. The van der Waals surface area contributed by atoms with Crippen molar-refractivity contribution in [2.45, 2.75) is 27.0 Å². The highest BCUT2D eigenvalue weighted by molar-refractivity contribution is 7.09. The second-order valence-corrected chi connectivity index (χ2v) is 6.61. The Kier molecular flexibility index (Phi) is 5.40. The van der Waals surface area contributed by atoms with E-state index >= 15 is 0 Å². The van der Waals surface area contributed by atoms with Crippen LogP contribution in [-0.2, 0) is 13.2 Å². The van der Waals surface area contributed by atoms with Crippen molar-refractivity contribution in [3.63, 3.8) is 0 Å². The van der Waals surface area contributed by atoms with Crippen LogP contribution >= 0.6 is 11.3 Å². The molecule has 0 fully saturated rings. The summed E-state index contributed by atoms with van der Waals surface area (Å²) in [5, 5.41) is 5.33. The van der Waals surface area contributed by atoms with Gasteiger partial charge >= 0.3 is 0 Å². The lowest BCUT2D eigenvalue weighted by atomic mass is 10.1. The van der Waals surface area contributed by atoms with Gasteiger partial charge in [-0.05, 0) is 49.2 Å². The zero-order valence-corrected chi connectivity index (χ0v) is 15.0. The van der Waals surface area contributed by atoms with E-state index in [1.807, 2.05) is 36.4 Å². The summed E-state index contributed by atoms with van der Waals surface area (Å²) >= 11 is 1.41. The SMILES string of the molecule is Cc1ccc(OCc2nc(C(=O)NCc3ccccn3)cs2)cc1C. The third kappa shape index (κ3) is 4.64. The maximum atomic E-state index is 12.2. The Bertz CT molecular complexity index is 862. The average Bonchev–Trinajstić information content (AvgIpc) is 3.11. The molecule has 0 aliphatic rings. The highest BCUT2D eigenvalue weighted by Crippen LogP contribution is 2.19. The summed E-state index contributed by atoms with van der Waals surface area (Å²) in [7, 11) is 0. The largest absolute Gasteiger partial charge is 0.486 e. The highest BCUT2D eigenvalue weighted by atomic mass is 32.1. The standard InChI is InChI=1S/C19H19N3O2S/c1-13-6-7-16(9-14(13)2)24-11-18-22-17(12-25-18)19(23)21-10-15-5-3-4-8-20-15/h3-9,12H,10-11H2,1-2H3,(H,21,23). The molecule has 0 bridgehead atoms. The Labute approximate surface area is 150 Å². The van der Waals surface area contributed by atoms with Gasteiger partial charge in [-0.3, -0.25) is 9.78 Å². The lowest BCUT2D eigenvalue weighted by Crippen LogP contribution is -2.23. The number of hydrogen-bond donors (Lipinski definition) is 1. The number of pyridine rings is 1. The van der Waals surface area contributed by atoms with Crippen LogP contribution in [0.5, 0.6) is 5.75 Å². The summed E-state index contributed by atoms with van der Waals surface area (Å²) in [6.45, 7) is 4.85. The van der Waals surface area contributed by atoms with Gasteiger partial charge in [0.1, 0.15) is 23.1 Å². The molecule has 5 nitrogen and oxygen atoms in total. The van der Waals surface area contributed by atoms with Gasteiger partial charge in [-0.25, -0.2) is 4.98 Å². The molecule has 0 saturated carbocycles. The van der Waals surface area contributed by atoms with Gasteiger partial charge < -0.3 is 10.1 Å². The number of aryl methyl sites for hydroxylation is 2. The molecule has 25 heavy (non-hydrogen) atoms. The van der Waals surface area contributed by atoms with Gasteiger partial charge in [0.15, 0.2) is 0 Å². The molecule has 0 aliphatic carbocycles. The zero-order chi connectivity index (χ0) is 17.6. The van der Waals surface area contributed by atoms with Gasteiger partial charge in [0.25, 0.3) is 5.91 Å². The minimum absolute atomic E-state index is 0.209. The fraction of sp³-hybridized carbons (Fsp3) is 0.211. The van der Waals surface area contributed by atoms with Crippen molar-refractivity contribution in [2.24, 2.45) is 0 Å². The van der Waals surface area contributed by atoms with Crippen molar-refractivity contribution in [2.75, 3.05) is 0 Å². The number of benzene rings is 1. The van der Waals surface area contributed by atoms with Crippen molar-refractivity contribution in [1.82, 2.24) is 15.3 Å². The third-order valence-corrected chi connectivity index (χ3v) is 4.60. The van der Waals surface area contributed by atoms with E-state index in [4.69, 9.17) is 4.74 Å². The number of carbonyl (C=O) groups is 1. The van der Waals surface area contributed by atoms with Gasteiger partial charge in [0.2, 0.25) is 0 Å². The number of hydrogen-bond acceptors (Lipinski definition) is 5. The van der Waals surface area contributed by atoms with Crippen LogP contribution in [0.4, 0.5) is 0 Å². The normalized spacial score (nSPS) is 10.5. The third-order valence-electron chi connectivity index (χ3n) is 3.78. The molecule has 0 aliphatic heterocycles. The van der Waals surface area contributed by atoms with Crippen LogP contribution < -0.4 is 10.1 Å². The van der Waals surface area contributed by atoms with Crippen LogP contribution in [0.3, 0.4) is 0 Å². The zero-order valence-electron chi connectivity index (χ0n) is 14.2. The van der Waals surface area contributed by atoms with Gasteiger partial charge in [-0.2, -0.15) is 0 Å². The molecule has 3 aromatic rings. The number of aromatic nitrogens is 2. The quantitative estimate of drug-likeness (QED) is 0.734. The molecule has 0 spiro atoms. The lowest BCUT2D eigenvalue weighted by Gasteiger charge is -2.06. The second kappa shape index (κ2) is 7.90. The monoisotopic (exact) mass is 353 g/mol. The van der Waals surface area contributed by atoms with E-state index in [0.29, 0.717) is 18.8 Å². The predicted octanol–water partition coefficient (Wildman–Crippen LogP) is 3.66. The minimum atomic E-state index is -0.209. The molecule has 2 aromatic heterocycles. The van der Waals surface area contributed by atoms with E-state index in [1.165, 1.54) is 22.5 Å². The van der Waals surface area contributed by atoms with Crippen molar-refractivity contribution in [3.05, 3.63) is 75.5 Å². The molecule has 2 heterocycles. The topological polar surface area (TPSA) is 64.1 Å². The molecule has 0 unspecified atom stereocenters. The molecule has 0 atom stereocenters. The Balaban J connectivity index is 1.54. The van der Waals surface area contributed by atoms with Gasteiger partial charge in [0, 0.05) is 11.6 Å². The number of thiazole rings is 1. The maximum absolute atomic E-state index is 12.2. The van der Waals surface area contributed by atoms with Crippen LogP contribution in [-0.4, -0.2) is 15.9 Å². The van der Waals surface area contributed by atoms with Crippen LogP contribution in [0.25, 0.3) is 0 Å². The van der Waals surface area contributed by atoms with E-state index in [9.17, 15) is 4.79 Å². The lowest BCUT2D eigenvalue weighted by molar-refractivity contribution is 0.0946. The molecule has 1 aromatic carbocycles. The molecule has 0 radical (unpaired) electrons. The average molecular weight is 353 g/mol. The molecule has 0 saturated heterocycles. The summed E-state index contributed by atoms with van der Waals surface area (Å²) in [5.74, 6) is 0.596. The first-order valence-electron chi connectivity index (χ1n) is 7.94. The van der Waals surface area contributed by atoms with E-state index in [2.05, 4.69) is 29.1 Å². The molecule has 128 valence electrons. The number of ether oxygens (including phenoxy) is 1. The van der Waals surface area contributed by atoms with Gasteiger partial charge in [-0.1, -0.05) is 12.1 Å². The number of carbonyl (C=O) groups excluding carboxylic acids is 1. The molecular formula is C19H19N3O2S. The van der Waals surface area contributed by atoms with Gasteiger partial charge in [-0.15, -0.1) is 11.3 Å². The Morgan fingerprint density at radius 1 is 1.20 bits per heavy atom. The van der Waals surface area contributed by atoms with Crippen LogP contribution in [0.2, 0.25) is 0 Å². The number of rotatable bonds is 6. The predicted molar refractivity (Wildman–Crippen MR) is 97.8 cm³/mol. The first-order valence-corrected chi connectivity index (χ1v) is 8.82. The van der Waals surface area contributed by atoms with E-state index in [1.54, 1.807) is 11.6 Å². The highest BCUT2D eigenvalue weighted by Gasteiger charge is 2.11. The molecule has 1 N–H and O–H groups in total. The summed E-state index contributed by atoms with van der Waals surface area (Å²) in [4.78, 5) is 20.7. The maximum Gasteiger partial charge on any atom is 0.271 e. The summed E-state index contributed by atoms with van der Waals surface area (Å²) < 4.78 is 5.76. The van der Waals surface area contributed by atoms with E-state index in [0.717, 1.165) is 16.5 Å². The summed E-state index contributed by atoms with van der Waals surface area (Å²) in [5.41, 5.74) is 3.63. The number of amides is 1. The fourth-order valence-electron chi connectivity index (χ4n) is 2.19. The smallest absolute Gasteiger partial charge is 0.271 e. The van der Waals surface area contributed by atoms with Crippen molar-refractivity contribution < 1.29 is 9.53 Å². The van der Waals surface area contributed by atoms with Gasteiger partial charge in [0.05, 0.1) is 12.2 Å². The fourth-order valence-corrected chi connectivity index (χ4v) is 2.88. The number of nitrogens with one attached hydrogen (secondary N) is 1. The van der Waals surface area contributed by atoms with Crippen LogP contribution in [0.1, 0.15) is 32.3 Å². The first-order chi connectivity index (χ1) is 12.1. The van der Waals surface area contributed by atoms with E-state index in [-0.39, 0.29) is 5.91 Å². The van der Waals surface area contributed by atoms with Crippen molar-refractivity contribution >= 4 is 17.2 Å². The van der Waals surface area contributed by atoms with Crippen molar-refractivity contribution in [1.29, 1.82) is 0 Å². The summed E-state index contributed by atoms with van der Waals surface area (Å²) in [6, 6.07) is 11.6.